The highest BCUT2D eigenvalue weighted by molar-refractivity contribution is 6.32. The summed E-state index contributed by atoms with van der Waals surface area (Å²) in [6.45, 7) is 1.98. The monoisotopic (exact) mass is 248 g/mol. The van der Waals surface area contributed by atoms with Gasteiger partial charge in [-0.15, -0.1) is 0 Å². The van der Waals surface area contributed by atoms with Crippen LogP contribution in [0.2, 0.25) is 5.02 Å². The molecule has 0 saturated heterocycles. The Hall–Kier alpha value is -1.67. The Labute approximate surface area is 105 Å². The van der Waals surface area contributed by atoms with Gasteiger partial charge in [0.05, 0.1) is 5.02 Å². The average Bonchev–Trinajstić information content (AvgIpc) is 2.34. The molecule has 3 heteroatoms. The second-order valence-electron chi connectivity index (χ2n) is 3.99. The van der Waals surface area contributed by atoms with Crippen LogP contribution in [0.1, 0.15) is 24.0 Å². The number of hydrogen-bond acceptors (Lipinski definition) is 2. The molecule has 0 bridgehead atoms. The molecular formula is C14H13ClO2. The molecule has 0 amide bonds. The van der Waals surface area contributed by atoms with Crippen LogP contribution in [0.4, 0.5) is 0 Å². The van der Waals surface area contributed by atoms with E-state index >= 15 is 0 Å². The van der Waals surface area contributed by atoms with Crippen LogP contribution in [-0.2, 0) is 0 Å². The third kappa shape index (κ3) is 2.37. The first kappa shape index (κ1) is 11.8. The van der Waals surface area contributed by atoms with Crippen molar-refractivity contribution in [2.45, 2.75) is 12.8 Å². The summed E-state index contributed by atoms with van der Waals surface area (Å²) in [6.07, 6.45) is 0. The lowest BCUT2D eigenvalue weighted by atomic mass is 9.92. The van der Waals surface area contributed by atoms with Crippen molar-refractivity contribution in [3.63, 3.8) is 0 Å². The third-order valence-corrected chi connectivity index (χ3v) is 3.16. The van der Waals surface area contributed by atoms with E-state index in [1.165, 1.54) is 6.07 Å². The summed E-state index contributed by atoms with van der Waals surface area (Å²) < 4.78 is 0. The molecule has 88 valence electrons. The van der Waals surface area contributed by atoms with Crippen molar-refractivity contribution >= 4 is 11.6 Å². The zero-order valence-electron chi connectivity index (χ0n) is 9.39. The van der Waals surface area contributed by atoms with E-state index in [1.807, 2.05) is 37.3 Å². The quantitative estimate of drug-likeness (QED) is 0.846. The molecule has 0 aliphatic heterocycles. The normalized spacial score (nSPS) is 12.4. The van der Waals surface area contributed by atoms with Crippen molar-refractivity contribution < 1.29 is 10.2 Å². The van der Waals surface area contributed by atoms with Crippen LogP contribution in [0.5, 0.6) is 11.5 Å². The maximum atomic E-state index is 9.83. The topological polar surface area (TPSA) is 40.5 Å². The van der Waals surface area contributed by atoms with Gasteiger partial charge in [-0.25, -0.2) is 0 Å². The second-order valence-corrected chi connectivity index (χ2v) is 4.40. The Bertz CT molecular complexity index is 523. The van der Waals surface area contributed by atoms with E-state index in [9.17, 15) is 10.2 Å². The molecule has 2 rings (SSSR count). The highest BCUT2D eigenvalue weighted by atomic mass is 35.5. The van der Waals surface area contributed by atoms with Crippen molar-refractivity contribution in [2.24, 2.45) is 0 Å². The van der Waals surface area contributed by atoms with Crippen LogP contribution in [-0.4, -0.2) is 10.2 Å². The standard InChI is InChI=1S/C14H13ClO2/c1-9(10-5-3-2-4-6-10)11-7-12(15)14(17)8-13(11)16/h2-9,16-17H,1H3. The Kier molecular flexibility index (Phi) is 3.25. The molecule has 1 unspecified atom stereocenters. The lowest BCUT2D eigenvalue weighted by Gasteiger charge is -2.15. The third-order valence-electron chi connectivity index (χ3n) is 2.86. The fourth-order valence-electron chi connectivity index (χ4n) is 1.83. The van der Waals surface area contributed by atoms with E-state index in [2.05, 4.69) is 0 Å². The Balaban J connectivity index is 2.44. The molecule has 0 fully saturated rings. The van der Waals surface area contributed by atoms with Gasteiger partial charge in [0.1, 0.15) is 11.5 Å². The highest BCUT2D eigenvalue weighted by Gasteiger charge is 2.15. The molecule has 0 spiro atoms. The molecule has 2 N–H and O–H groups in total. The number of phenolic OH excluding ortho intramolecular Hbond substituents is 2. The van der Waals surface area contributed by atoms with Gasteiger partial charge < -0.3 is 10.2 Å². The summed E-state index contributed by atoms with van der Waals surface area (Å²) in [5, 5.41) is 19.5. The van der Waals surface area contributed by atoms with Crippen LogP contribution in [0, 0.1) is 0 Å². The predicted molar refractivity (Wildman–Crippen MR) is 68.7 cm³/mol. The van der Waals surface area contributed by atoms with E-state index in [1.54, 1.807) is 6.07 Å². The fourth-order valence-corrected chi connectivity index (χ4v) is 2.01. The van der Waals surface area contributed by atoms with Gasteiger partial charge in [0.15, 0.2) is 0 Å². The number of aromatic hydroxyl groups is 2. The van der Waals surface area contributed by atoms with Crippen LogP contribution in [0.3, 0.4) is 0 Å². The number of benzene rings is 2. The van der Waals surface area contributed by atoms with Crippen molar-refractivity contribution in [3.05, 3.63) is 58.6 Å². The maximum Gasteiger partial charge on any atom is 0.137 e. The Morgan fingerprint density at radius 1 is 1.00 bits per heavy atom. The first-order chi connectivity index (χ1) is 8.09. The second kappa shape index (κ2) is 4.68. The molecule has 0 aromatic heterocycles. The molecular weight excluding hydrogens is 236 g/mol. The minimum Gasteiger partial charge on any atom is -0.508 e. The predicted octanol–water partition coefficient (Wildman–Crippen LogP) is 3.90. The Morgan fingerprint density at radius 2 is 1.65 bits per heavy atom. The summed E-state index contributed by atoms with van der Waals surface area (Å²) in [6, 6.07) is 12.7. The van der Waals surface area contributed by atoms with Crippen LogP contribution in [0.15, 0.2) is 42.5 Å². The maximum absolute atomic E-state index is 9.83. The van der Waals surface area contributed by atoms with Crippen molar-refractivity contribution in [1.82, 2.24) is 0 Å². The summed E-state index contributed by atoms with van der Waals surface area (Å²) >= 11 is 5.86. The lowest BCUT2D eigenvalue weighted by molar-refractivity contribution is 0.445. The Morgan fingerprint density at radius 3 is 2.29 bits per heavy atom. The lowest BCUT2D eigenvalue weighted by Crippen LogP contribution is -1.96. The van der Waals surface area contributed by atoms with Gasteiger partial charge in [0, 0.05) is 17.5 Å². The van der Waals surface area contributed by atoms with E-state index in [0.29, 0.717) is 5.56 Å². The number of rotatable bonds is 2. The van der Waals surface area contributed by atoms with Gasteiger partial charge >= 0.3 is 0 Å². The highest BCUT2D eigenvalue weighted by Crippen LogP contribution is 2.37. The van der Waals surface area contributed by atoms with E-state index < -0.39 is 0 Å². The first-order valence-electron chi connectivity index (χ1n) is 5.36. The average molecular weight is 249 g/mol. The minimum absolute atomic E-state index is 0.0225. The van der Waals surface area contributed by atoms with Crippen molar-refractivity contribution in [1.29, 1.82) is 0 Å². The fraction of sp³-hybridized carbons (Fsp3) is 0.143. The minimum atomic E-state index is -0.104. The number of halogens is 1. The summed E-state index contributed by atoms with van der Waals surface area (Å²) in [4.78, 5) is 0. The molecule has 2 aromatic rings. The van der Waals surface area contributed by atoms with Crippen LogP contribution in [0.25, 0.3) is 0 Å². The summed E-state index contributed by atoms with van der Waals surface area (Å²) in [5.41, 5.74) is 1.79. The zero-order chi connectivity index (χ0) is 12.4. The molecule has 0 saturated carbocycles. The molecule has 17 heavy (non-hydrogen) atoms. The van der Waals surface area contributed by atoms with Crippen LogP contribution < -0.4 is 0 Å². The van der Waals surface area contributed by atoms with Crippen LogP contribution >= 0.6 is 11.6 Å². The molecule has 0 aliphatic carbocycles. The summed E-state index contributed by atoms with van der Waals surface area (Å²) in [7, 11) is 0. The van der Waals surface area contributed by atoms with Gasteiger partial charge in [-0.2, -0.15) is 0 Å². The largest absolute Gasteiger partial charge is 0.508 e. The number of hydrogen-bond donors (Lipinski definition) is 2. The molecule has 0 aliphatic rings. The van der Waals surface area contributed by atoms with E-state index in [0.717, 1.165) is 5.56 Å². The molecule has 1 atom stereocenters. The zero-order valence-corrected chi connectivity index (χ0v) is 10.1. The smallest absolute Gasteiger partial charge is 0.137 e. The SMILES string of the molecule is CC(c1ccccc1)c1cc(Cl)c(O)cc1O. The van der Waals surface area contributed by atoms with Crippen molar-refractivity contribution in [2.75, 3.05) is 0 Å². The molecule has 2 aromatic carbocycles. The van der Waals surface area contributed by atoms with E-state index in [4.69, 9.17) is 11.6 Å². The molecule has 0 heterocycles. The number of phenols is 2. The van der Waals surface area contributed by atoms with Gasteiger partial charge in [0.25, 0.3) is 0 Å². The van der Waals surface area contributed by atoms with Gasteiger partial charge in [0.2, 0.25) is 0 Å². The van der Waals surface area contributed by atoms with Gasteiger partial charge in [-0.05, 0) is 11.6 Å². The van der Waals surface area contributed by atoms with Gasteiger partial charge in [-0.1, -0.05) is 48.9 Å². The van der Waals surface area contributed by atoms with Crippen molar-refractivity contribution in [3.8, 4) is 11.5 Å². The van der Waals surface area contributed by atoms with E-state index in [-0.39, 0.29) is 22.4 Å². The molecule has 2 nitrogen and oxygen atoms in total. The summed E-state index contributed by atoms with van der Waals surface area (Å²) in [5.74, 6) is -0.0225. The first-order valence-corrected chi connectivity index (χ1v) is 5.73. The van der Waals surface area contributed by atoms with Gasteiger partial charge in [-0.3, -0.25) is 0 Å². The molecule has 0 radical (unpaired) electrons.